The summed E-state index contributed by atoms with van der Waals surface area (Å²) in [6.45, 7) is 6.16. The monoisotopic (exact) mass is 394 g/mol. The number of carbonyl (C=O) groups excluding carboxylic acids is 2. The molecule has 2 amide bonds. The van der Waals surface area contributed by atoms with E-state index in [1.54, 1.807) is 16.7 Å². The van der Waals surface area contributed by atoms with Crippen LogP contribution in [-0.2, 0) is 11.2 Å². The SMILES string of the molecule is C[C@H](CCc1ccccc1)NC(=O)[C@@H]1N2C(=O)c3ccccc3[C@@H]2SC1(C)C. The van der Waals surface area contributed by atoms with E-state index in [1.165, 1.54) is 5.56 Å². The molecular formula is C23H26N2O2S. The molecule has 2 heterocycles. The van der Waals surface area contributed by atoms with Crippen molar-refractivity contribution >= 4 is 23.6 Å². The van der Waals surface area contributed by atoms with Crippen LogP contribution in [-0.4, -0.2) is 33.5 Å². The first-order chi connectivity index (χ1) is 13.4. The first kappa shape index (κ1) is 19.1. The van der Waals surface area contributed by atoms with Gasteiger partial charge in [-0.1, -0.05) is 48.5 Å². The maximum absolute atomic E-state index is 13.2. The second kappa shape index (κ2) is 7.28. The van der Waals surface area contributed by atoms with E-state index in [4.69, 9.17) is 0 Å². The van der Waals surface area contributed by atoms with Gasteiger partial charge in [-0.05, 0) is 50.8 Å². The van der Waals surface area contributed by atoms with Crippen LogP contribution in [0.3, 0.4) is 0 Å². The molecule has 0 spiro atoms. The zero-order valence-corrected chi connectivity index (χ0v) is 17.3. The molecule has 0 saturated carbocycles. The number of nitrogens with zero attached hydrogens (tertiary/aromatic N) is 1. The molecule has 28 heavy (non-hydrogen) atoms. The second-order valence-corrected chi connectivity index (χ2v) is 9.94. The summed E-state index contributed by atoms with van der Waals surface area (Å²) in [5.74, 6) is -0.0857. The van der Waals surface area contributed by atoms with Gasteiger partial charge in [-0.3, -0.25) is 9.59 Å². The van der Waals surface area contributed by atoms with Gasteiger partial charge in [0.2, 0.25) is 5.91 Å². The van der Waals surface area contributed by atoms with Crippen molar-refractivity contribution in [2.24, 2.45) is 0 Å². The van der Waals surface area contributed by atoms with Crippen molar-refractivity contribution < 1.29 is 9.59 Å². The highest BCUT2D eigenvalue weighted by atomic mass is 32.2. The molecule has 2 aliphatic heterocycles. The van der Waals surface area contributed by atoms with Gasteiger partial charge in [0.25, 0.3) is 5.91 Å². The van der Waals surface area contributed by atoms with Crippen LogP contribution in [0, 0.1) is 0 Å². The lowest BCUT2D eigenvalue weighted by atomic mass is 9.99. The maximum atomic E-state index is 13.2. The van der Waals surface area contributed by atoms with E-state index >= 15 is 0 Å². The third-order valence-corrected chi connectivity index (χ3v) is 7.18. The number of benzene rings is 2. The summed E-state index contributed by atoms with van der Waals surface area (Å²) < 4.78 is -0.336. The van der Waals surface area contributed by atoms with Gasteiger partial charge in [-0.25, -0.2) is 0 Å². The van der Waals surface area contributed by atoms with Crippen LogP contribution < -0.4 is 5.32 Å². The van der Waals surface area contributed by atoms with Gasteiger partial charge in [0.05, 0.1) is 0 Å². The molecule has 2 aromatic rings. The molecule has 1 saturated heterocycles. The van der Waals surface area contributed by atoms with Crippen molar-refractivity contribution in [3.63, 3.8) is 0 Å². The molecule has 0 unspecified atom stereocenters. The van der Waals surface area contributed by atoms with Crippen molar-refractivity contribution in [1.29, 1.82) is 0 Å². The van der Waals surface area contributed by atoms with Crippen LogP contribution >= 0.6 is 11.8 Å². The lowest BCUT2D eigenvalue weighted by molar-refractivity contribution is -0.126. The van der Waals surface area contributed by atoms with E-state index in [9.17, 15) is 9.59 Å². The van der Waals surface area contributed by atoms with E-state index in [1.807, 2.05) is 49.4 Å². The molecule has 0 aromatic heterocycles. The second-order valence-electron chi connectivity index (χ2n) is 8.21. The summed E-state index contributed by atoms with van der Waals surface area (Å²) in [6.07, 6.45) is 1.79. The highest BCUT2D eigenvalue weighted by molar-refractivity contribution is 8.01. The average molecular weight is 395 g/mol. The van der Waals surface area contributed by atoms with Crippen molar-refractivity contribution in [2.45, 2.75) is 55.8 Å². The Labute approximate surface area is 170 Å². The number of fused-ring (bicyclic) bond motifs is 3. The molecule has 2 aliphatic rings. The topological polar surface area (TPSA) is 49.4 Å². The minimum Gasteiger partial charge on any atom is -0.352 e. The van der Waals surface area contributed by atoms with E-state index in [-0.39, 0.29) is 28.0 Å². The Kier molecular flexibility index (Phi) is 4.96. The Morgan fingerprint density at radius 3 is 2.57 bits per heavy atom. The van der Waals surface area contributed by atoms with E-state index in [0.29, 0.717) is 0 Å². The number of thioether (sulfide) groups is 1. The molecule has 4 rings (SSSR count). The van der Waals surface area contributed by atoms with Gasteiger partial charge >= 0.3 is 0 Å². The third kappa shape index (κ3) is 3.32. The first-order valence-corrected chi connectivity index (χ1v) is 10.7. The van der Waals surface area contributed by atoms with Gasteiger partial charge < -0.3 is 10.2 Å². The molecule has 4 nitrogen and oxygen atoms in total. The molecule has 146 valence electrons. The number of rotatable bonds is 5. The first-order valence-electron chi connectivity index (χ1n) is 9.82. The third-order valence-electron chi connectivity index (χ3n) is 5.64. The highest BCUT2D eigenvalue weighted by Gasteiger charge is 2.57. The van der Waals surface area contributed by atoms with Gasteiger partial charge in [0.15, 0.2) is 0 Å². The summed E-state index contributed by atoms with van der Waals surface area (Å²) in [7, 11) is 0. The number of hydrogen-bond donors (Lipinski definition) is 1. The Balaban J connectivity index is 1.47. The van der Waals surface area contributed by atoms with Gasteiger partial charge in [0.1, 0.15) is 11.4 Å². The maximum Gasteiger partial charge on any atom is 0.256 e. The summed E-state index contributed by atoms with van der Waals surface area (Å²) >= 11 is 1.70. The summed E-state index contributed by atoms with van der Waals surface area (Å²) in [5.41, 5.74) is 3.02. The van der Waals surface area contributed by atoms with Crippen molar-refractivity contribution in [1.82, 2.24) is 10.2 Å². The van der Waals surface area contributed by atoms with Gasteiger partial charge in [0, 0.05) is 16.4 Å². The summed E-state index contributed by atoms with van der Waals surface area (Å²) in [4.78, 5) is 28.0. The minimum atomic E-state index is -0.471. The van der Waals surface area contributed by atoms with Crippen molar-refractivity contribution in [2.75, 3.05) is 0 Å². The Morgan fingerprint density at radius 2 is 1.82 bits per heavy atom. The lowest BCUT2D eigenvalue weighted by Gasteiger charge is -2.30. The van der Waals surface area contributed by atoms with Crippen LogP contribution in [0.25, 0.3) is 0 Å². The summed E-state index contributed by atoms with van der Waals surface area (Å²) in [6, 6.07) is 17.6. The zero-order chi connectivity index (χ0) is 19.9. The molecule has 2 aromatic carbocycles. The fraction of sp³-hybridized carbons (Fsp3) is 0.391. The molecule has 0 aliphatic carbocycles. The van der Waals surface area contributed by atoms with E-state index in [2.05, 4.69) is 31.3 Å². The van der Waals surface area contributed by atoms with E-state index < -0.39 is 6.04 Å². The molecule has 1 N–H and O–H groups in total. The van der Waals surface area contributed by atoms with Gasteiger partial charge in [-0.15, -0.1) is 11.8 Å². The number of aryl methyl sites for hydroxylation is 1. The van der Waals surface area contributed by atoms with E-state index in [0.717, 1.165) is 24.0 Å². The van der Waals surface area contributed by atoms with Crippen LogP contribution in [0.1, 0.15) is 54.1 Å². The standard InChI is InChI=1S/C23H26N2O2S/c1-15(13-14-16-9-5-4-6-10-16)24-20(26)19-23(2,3)28-22-18-12-8-7-11-17(18)21(27)25(19)22/h4-12,15,19,22H,13-14H2,1-3H3,(H,24,26)/t15-,19+,22+/m1/s1. The smallest absolute Gasteiger partial charge is 0.256 e. The fourth-order valence-electron chi connectivity index (χ4n) is 4.23. The predicted molar refractivity (Wildman–Crippen MR) is 113 cm³/mol. The molecule has 1 fully saturated rings. The fourth-order valence-corrected chi connectivity index (χ4v) is 5.81. The molecule has 5 heteroatoms. The highest BCUT2D eigenvalue weighted by Crippen LogP contribution is 2.56. The Hall–Kier alpha value is -2.27. The molecule has 0 bridgehead atoms. The lowest BCUT2D eigenvalue weighted by Crippen LogP contribution is -2.54. The van der Waals surface area contributed by atoms with Crippen LogP contribution in [0.15, 0.2) is 54.6 Å². The number of amides is 2. The molecule has 3 atom stereocenters. The van der Waals surface area contributed by atoms with Crippen LogP contribution in [0.4, 0.5) is 0 Å². The Bertz CT molecular complexity index is 896. The summed E-state index contributed by atoms with van der Waals surface area (Å²) in [5, 5.41) is 3.09. The zero-order valence-electron chi connectivity index (χ0n) is 16.5. The van der Waals surface area contributed by atoms with Crippen molar-refractivity contribution in [3.8, 4) is 0 Å². The predicted octanol–water partition coefficient (Wildman–Crippen LogP) is 4.17. The number of nitrogens with one attached hydrogen (secondary N) is 1. The minimum absolute atomic E-state index is 0.0317. The normalized spacial score (nSPS) is 23.2. The van der Waals surface area contributed by atoms with Crippen LogP contribution in [0.2, 0.25) is 0 Å². The quantitative estimate of drug-likeness (QED) is 0.828. The van der Waals surface area contributed by atoms with Crippen LogP contribution in [0.5, 0.6) is 0 Å². The number of hydrogen-bond acceptors (Lipinski definition) is 3. The molecular weight excluding hydrogens is 368 g/mol. The van der Waals surface area contributed by atoms with Gasteiger partial charge in [-0.2, -0.15) is 0 Å². The average Bonchev–Trinajstić information content (AvgIpc) is 3.11. The number of carbonyl (C=O) groups is 2. The molecule has 0 radical (unpaired) electrons. The van der Waals surface area contributed by atoms with Crippen molar-refractivity contribution in [3.05, 3.63) is 71.3 Å². The Morgan fingerprint density at radius 1 is 1.14 bits per heavy atom. The largest absolute Gasteiger partial charge is 0.352 e.